The second-order valence-electron chi connectivity index (χ2n) is 2.85. The lowest BCUT2D eigenvalue weighted by molar-refractivity contribution is 1.39. The molecule has 0 spiro atoms. The number of para-hydroxylation sites is 1. The molecule has 2 aromatic rings. The van der Waals surface area contributed by atoms with Crippen LogP contribution in [0.1, 0.15) is 5.56 Å². The summed E-state index contributed by atoms with van der Waals surface area (Å²) in [5.74, 6) is 5.98. The zero-order valence-corrected chi connectivity index (χ0v) is 9.08. The van der Waals surface area contributed by atoms with Gasteiger partial charge in [-0.15, -0.1) is 0 Å². The molecule has 0 amide bonds. The van der Waals surface area contributed by atoms with Crippen LogP contribution in [0, 0.1) is 11.8 Å². The normalized spacial score (nSPS) is 9.50. The highest BCUT2D eigenvalue weighted by atomic mass is 79.9. The van der Waals surface area contributed by atoms with Gasteiger partial charge in [0.2, 0.25) is 0 Å². The molecule has 0 aliphatic heterocycles. The summed E-state index contributed by atoms with van der Waals surface area (Å²) in [5, 5.41) is 1.83. The number of fused-ring (bicyclic) bond motifs is 1. The maximum atomic E-state index is 4.32. The van der Waals surface area contributed by atoms with Crippen LogP contribution in [0.25, 0.3) is 10.9 Å². The van der Waals surface area contributed by atoms with Gasteiger partial charge in [-0.3, -0.25) is 4.98 Å². The van der Waals surface area contributed by atoms with Crippen molar-refractivity contribution in [1.82, 2.24) is 4.98 Å². The first-order chi connectivity index (χ1) is 6.90. The fourth-order valence-electron chi connectivity index (χ4n) is 1.27. The zero-order valence-electron chi connectivity index (χ0n) is 7.50. The third-order valence-corrected chi connectivity index (χ3v) is 2.17. The van der Waals surface area contributed by atoms with E-state index in [-0.39, 0.29) is 0 Å². The van der Waals surface area contributed by atoms with Crippen molar-refractivity contribution in [3.05, 3.63) is 42.1 Å². The van der Waals surface area contributed by atoms with Crippen molar-refractivity contribution in [2.24, 2.45) is 0 Å². The van der Waals surface area contributed by atoms with E-state index >= 15 is 0 Å². The van der Waals surface area contributed by atoms with E-state index in [1.54, 1.807) is 6.20 Å². The minimum atomic E-state index is 0.694. The lowest BCUT2D eigenvalue weighted by atomic mass is 10.2. The molecule has 14 heavy (non-hydrogen) atoms. The van der Waals surface area contributed by atoms with Crippen LogP contribution in [0.3, 0.4) is 0 Å². The summed E-state index contributed by atoms with van der Waals surface area (Å²) < 4.78 is 0. The Bertz CT molecular complexity index is 508. The molecule has 0 N–H and O–H groups in total. The molecule has 0 aliphatic carbocycles. The van der Waals surface area contributed by atoms with Crippen molar-refractivity contribution >= 4 is 26.8 Å². The van der Waals surface area contributed by atoms with Gasteiger partial charge >= 0.3 is 0 Å². The zero-order chi connectivity index (χ0) is 9.80. The van der Waals surface area contributed by atoms with E-state index in [1.165, 1.54) is 0 Å². The van der Waals surface area contributed by atoms with Gasteiger partial charge in [0.05, 0.1) is 10.8 Å². The van der Waals surface area contributed by atoms with Crippen LogP contribution in [0.5, 0.6) is 0 Å². The molecule has 0 saturated heterocycles. The lowest BCUT2D eigenvalue weighted by Crippen LogP contribution is -1.81. The topological polar surface area (TPSA) is 12.9 Å². The third-order valence-electron chi connectivity index (χ3n) is 1.89. The number of rotatable bonds is 0. The largest absolute Gasteiger partial charge is 0.255 e. The molecule has 0 aliphatic rings. The fourth-order valence-corrected chi connectivity index (χ4v) is 1.42. The summed E-state index contributed by atoms with van der Waals surface area (Å²) in [7, 11) is 0. The van der Waals surface area contributed by atoms with Crippen LogP contribution in [-0.2, 0) is 0 Å². The third kappa shape index (κ3) is 1.94. The van der Waals surface area contributed by atoms with Crippen LogP contribution in [0.2, 0.25) is 0 Å². The molecule has 68 valence electrons. The maximum Gasteiger partial charge on any atom is 0.0702 e. The molecule has 2 rings (SSSR count). The van der Waals surface area contributed by atoms with Gasteiger partial charge in [-0.1, -0.05) is 46.0 Å². The molecule has 1 aromatic carbocycles. The highest BCUT2D eigenvalue weighted by Crippen LogP contribution is 2.11. The van der Waals surface area contributed by atoms with Crippen molar-refractivity contribution in [2.45, 2.75) is 0 Å². The quantitative estimate of drug-likeness (QED) is 0.514. The monoisotopic (exact) mass is 245 g/mol. The number of benzene rings is 1. The second-order valence-corrected chi connectivity index (χ2v) is 3.41. The van der Waals surface area contributed by atoms with E-state index in [2.05, 4.69) is 38.8 Å². The Balaban J connectivity index is 2.51. The Kier molecular flexibility index (Phi) is 2.81. The smallest absolute Gasteiger partial charge is 0.0702 e. The number of alkyl halides is 1. The number of nitrogens with zero attached hydrogens (tertiary/aromatic N) is 1. The lowest BCUT2D eigenvalue weighted by Gasteiger charge is -1.95. The molecule has 2 heteroatoms. The summed E-state index contributed by atoms with van der Waals surface area (Å²) in [6.45, 7) is 0. The molecule has 0 saturated carbocycles. The molecule has 0 unspecified atom stereocenters. The number of hydrogen-bond acceptors (Lipinski definition) is 1. The van der Waals surface area contributed by atoms with Gasteiger partial charge < -0.3 is 0 Å². The van der Waals surface area contributed by atoms with Crippen LogP contribution in [0.4, 0.5) is 0 Å². The molecule has 1 nitrogen and oxygen atoms in total. The van der Waals surface area contributed by atoms with Crippen molar-refractivity contribution in [3.8, 4) is 11.8 Å². The van der Waals surface area contributed by atoms with Gasteiger partial charge in [-0.25, -0.2) is 0 Å². The van der Waals surface area contributed by atoms with Crippen LogP contribution in [-0.4, -0.2) is 10.3 Å². The second kappa shape index (κ2) is 4.26. The molecule has 0 fully saturated rings. The average molecular weight is 246 g/mol. The predicted molar refractivity (Wildman–Crippen MR) is 62.4 cm³/mol. The summed E-state index contributed by atoms with van der Waals surface area (Å²) in [5.41, 5.74) is 1.97. The molecule has 1 aromatic heterocycles. The van der Waals surface area contributed by atoms with Gasteiger partial charge in [0.25, 0.3) is 0 Å². The van der Waals surface area contributed by atoms with Crippen molar-refractivity contribution in [2.75, 3.05) is 5.33 Å². The van der Waals surface area contributed by atoms with Crippen LogP contribution in [0.15, 0.2) is 36.5 Å². The Labute approximate surface area is 91.3 Å². The summed E-state index contributed by atoms with van der Waals surface area (Å²) >= 11 is 3.26. The maximum absolute atomic E-state index is 4.32. The molecule has 0 bridgehead atoms. The number of pyridine rings is 1. The Morgan fingerprint density at radius 3 is 3.00 bits per heavy atom. The molecule has 0 radical (unpaired) electrons. The fraction of sp³-hybridized carbons (Fsp3) is 0.0833. The van der Waals surface area contributed by atoms with Crippen LogP contribution < -0.4 is 0 Å². The molecule has 0 atom stereocenters. The standard InChI is InChI=1S/C12H8BrN/c13-7-3-4-10-8-11-5-1-2-6-12(11)14-9-10/h1-2,5-6,8-9H,7H2. The van der Waals surface area contributed by atoms with Crippen molar-refractivity contribution < 1.29 is 0 Å². The van der Waals surface area contributed by atoms with Crippen molar-refractivity contribution in [3.63, 3.8) is 0 Å². The van der Waals surface area contributed by atoms with E-state index in [0.29, 0.717) is 5.33 Å². The van der Waals surface area contributed by atoms with Gasteiger partial charge in [0.1, 0.15) is 0 Å². The van der Waals surface area contributed by atoms with E-state index in [4.69, 9.17) is 0 Å². The first-order valence-electron chi connectivity index (χ1n) is 4.30. The Hall–Kier alpha value is -1.33. The van der Waals surface area contributed by atoms with Gasteiger partial charge in [0.15, 0.2) is 0 Å². The number of halogens is 1. The highest BCUT2D eigenvalue weighted by Gasteiger charge is 1.93. The Morgan fingerprint density at radius 1 is 1.29 bits per heavy atom. The van der Waals surface area contributed by atoms with E-state index in [1.807, 2.05) is 24.3 Å². The van der Waals surface area contributed by atoms with Crippen molar-refractivity contribution in [1.29, 1.82) is 0 Å². The average Bonchev–Trinajstić information content (AvgIpc) is 2.26. The van der Waals surface area contributed by atoms with Crippen LogP contribution >= 0.6 is 15.9 Å². The summed E-state index contributed by atoms with van der Waals surface area (Å²) in [4.78, 5) is 4.32. The summed E-state index contributed by atoms with van der Waals surface area (Å²) in [6.07, 6.45) is 1.80. The van der Waals surface area contributed by atoms with Gasteiger partial charge in [-0.05, 0) is 12.1 Å². The minimum absolute atomic E-state index is 0.694. The van der Waals surface area contributed by atoms with Gasteiger partial charge in [0, 0.05) is 17.1 Å². The number of hydrogen-bond donors (Lipinski definition) is 0. The molecular formula is C12H8BrN. The van der Waals surface area contributed by atoms with E-state index in [9.17, 15) is 0 Å². The van der Waals surface area contributed by atoms with E-state index < -0.39 is 0 Å². The Morgan fingerprint density at radius 2 is 2.14 bits per heavy atom. The summed E-state index contributed by atoms with van der Waals surface area (Å²) in [6, 6.07) is 10.1. The predicted octanol–water partition coefficient (Wildman–Crippen LogP) is 2.98. The highest BCUT2D eigenvalue weighted by molar-refractivity contribution is 9.09. The van der Waals surface area contributed by atoms with E-state index in [0.717, 1.165) is 16.5 Å². The first kappa shape index (κ1) is 9.23. The molecular weight excluding hydrogens is 238 g/mol. The number of aromatic nitrogens is 1. The minimum Gasteiger partial charge on any atom is -0.255 e. The molecule has 1 heterocycles. The first-order valence-corrected chi connectivity index (χ1v) is 5.42. The van der Waals surface area contributed by atoms with Gasteiger partial charge in [-0.2, -0.15) is 0 Å². The SMILES string of the molecule is BrCC#Cc1cnc2ccccc2c1.